The van der Waals surface area contributed by atoms with Gasteiger partial charge in [-0.05, 0) is 73.7 Å². The zero-order valence-electron chi connectivity index (χ0n) is 14.8. The van der Waals surface area contributed by atoms with E-state index in [2.05, 4.69) is 32.9 Å². The molecule has 2 heteroatoms. The lowest BCUT2D eigenvalue weighted by molar-refractivity contribution is -0.131. The van der Waals surface area contributed by atoms with Crippen LogP contribution in [-0.4, -0.2) is 11.1 Å². The molecule has 0 radical (unpaired) electrons. The minimum absolute atomic E-state index is 0.302. The van der Waals surface area contributed by atoms with E-state index >= 15 is 0 Å². The van der Waals surface area contributed by atoms with E-state index in [4.69, 9.17) is 5.11 Å². The Morgan fingerprint density at radius 3 is 2.65 bits per heavy atom. The number of carbonyl (C=O) groups is 1. The molecule has 124 valence electrons. The highest BCUT2D eigenvalue weighted by molar-refractivity contribution is 5.81. The Balaban J connectivity index is 2.17. The van der Waals surface area contributed by atoms with Crippen LogP contribution in [0.4, 0.5) is 0 Å². The third kappa shape index (κ3) is 4.57. The molecule has 2 nitrogen and oxygen atoms in total. The van der Waals surface area contributed by atoms with Gasteiger partial charge in [-0.15, -0.1) is 0 Å². The topological polar surface area (TPSA) is 37.3 Å². The molecular weight excluding hydrogens is 284 g/mol. The molecule has 0 aromatic carbocycles. The molecule has 1 N–H and O–H groups in total. The Bertz CT molecular complexity index is 637. The Morgan fingerprint density at radius 2 is 1.96 bits per heavy atom. The maximum Gasteiger partial charge on any atom is 0.328 e. The molecule has 2 aliphatic rings. The van der Waals surface area contributed by atoms with Crippen LogP contribution >= 0.6 is 0 Å². The monoisotopic (exact) mass is 312 g/mol. The van der Waals surface area contributed by atoms with Gasteiger partial charge in [-0.1, -0.05) is 43.7 Å². The molecule has 0 atom stereocenters. The molecule has 2 aliphatic carbocycles. The van der Waals surface area contributed by atoms with Crippen molar-refractivity contribution in [2.75, 3.05) is 0 Å². The van der Waals surface area contributed by atoms with Crippen LogP contribution in [0.2, 0.25) is 0 Å². The van der Waals surface area contributed by atoms with Crippen LogP contribution in [0.15, 0.2) is 58.2 Å². The minimum Gasteiger partial charge on any atom is -0.478 e. The Morgan fingerprint density at radius 1 is 1.22 bits per heavy atom. The SMILES string of the molecule is C/C(=C/C=C/C(C)=C/C(=O)O)C1=CC2=C(CCCC2(C)C)CC1. The van der Waals surface area contributed by atoms with E-state index in [1.54, 1.807) is 18.1 Å². The first kappa shape index (κ1) is 17.5. The van der Waals surface area contributed by atoms with Gasteiger partial charge in [0.1, 0.15) is 0 Å². The van der Waals surface area contributed by atoms with E-state index in [-0.39, 0.29) is 0 Å². The summed E-state index contributed by atoms with van der Waals surface area (Å²) in [6, 6.07) is 0. The number of carboxylic acid groups (broad SMARTS) is 1. The Kier molecular flexibility index (Phi) is 5.46. The highest BCUT2D eigenvalue weighted by Crippen LogP contribution is 2.46. The average Bonchev–Trinajstić information content (AvgIpc) is 2.45. The van der Waals surface area contributed by atoms with Gasteiger partial charge >= 0.3 is 5.97 Å². The molecule has 0 heterocycles. The third-order valence-electron chi connectivity index (χ3n) is 4.97. The quantitative estimate of drug-likeness (QED) is 0.530. The maximum atomic E-state index is 10.6. The predicted molar refractivity (Wildman–Crippen MR) is 96.3 cm³/mol. The van der Waals surface area contributed by atoms with Crippen LogP contribution in [-0.2, 0) is 4.79 Å². The summed E-state index contributed by atoms with van der Waals surface area (Å²) in [4.78, 5) is 10.6. The van der Waals surface area contributed by atoms with Crippen LogP contribution in [0.5, 0.6) is 0 Å². The van der Waals surface area contributed by atoms with Crippen LogP contribution < -0.4 is 0 Å². The van der Waals surface area contributed by atoms with Crippen molar-refractivity contribution in [3.63, 3.8) is 0 Å². The fraction of sp³-hybridized carbons (Fsp3) is 0.476. The molecule has 0 aromatic heterocycles. The fourth-order valence-corrected chi connectivity index (χ4v) is 3.59. The highest BCUT2D eigenvalue weighted by Gasteiger charge is 2.30. The molecule has 0 spiro atoms. The molecule has 2 rings (SSSR count). The zero-order valence-corrected chi connectivity index (χ0v) is 14.8. The zero-order chi connectivity index (χ0) is 17.0. The summed E-state index contributed by atoms with van der Waals surface area (Å²) in [7, 11) is 0. The van der Waals surface area contributed by atoms with Gasteiger partial charge in [0.2, 0.25) is 0 Å². The maximum absolute atomic E-state index is 10.6. The molecular formula is C21H28O2. The van der Waals surface area contributed by atoms with Gasteiger partial charge in [-0.2, -0.15) is 0 Å². The van der Waals surface area contributed by atoms with Crippen molar-refractivity contribution < 1.29 is 9.90 Å². The predicted octanol–water partition coefficient (Wildman–Crippen LogP) is 5.75. The summed E-state index contributed by atoms with van der Waals surface area (Å²) >= 11 is 0. The Hall–Kier alpha value is -1.83. The van der Waals surface area contributed by atoms with Gasteiger partial charge in [0.05, 0.1) is 0 Å². The van der Waals surface area contributed by atoms with Crippen LogP contribution in [0.1, 0.15) is 59.8 Å². The van der Waals surface area contributed by atoms with Crippen LogP contribution in [0.25, 0.3) is 0 Å². The summed E-state index contributed by atoms with van der Waals surface area (Å²) in [5.74, 6) is -0.901. The van der Waals surface area contributed by atoms with Crippen LogP contribution in [0.3, 0.4) is 0 Å². The molecule has 0 aromatic rings. The van der Waals surface area contributed by atoms with Gasteiger partial charge < -0.3 is 5.11 Å². The first-order valence-electron chi connectivity index (χ1n) is 8.49. The van der Waals surface area contributed by atoms with Crippen molar-refractivity contribution in [2.45, 2.75) is 59.8 Å². The second-order valence-electron chi connectivity index (χ2n) is 7.36. The van der Waals surface area contributed by atoms with E-state index < -0.39 is 5.97 Å². The summed E-state index contributed by atoms with van der Waals surface area (Å²) in [6.45, 7) is 8.67. The molecule has 0 fully saturated rings. The number of carboxylic acids is 1. The normalized spacial score (nSPS) is 22.2. The second kappa shape index (κ2) is 7.16. The largest absolute Gasteiger partial charge is 0.478 e. The number of rotatable bonds is 4. The minimum atomic E-state index is -0.901. The lowest BCUT2D eigenvalue weighted by Gasteiger charge is -2.37. The van der Waals surface area contributed by atoms with E-state index in [9.17, 15) is 4.79 Å². The summed E-state index contributed by atoms with van der Waals surface area (Å²) in [6.07, 6.45) is 15.7. The van der Waals surface area contributed by atoms with Crippen LogP contribution in [0, 0.1) is 5.41 Å². The first-order chi connectivity index (χ1) is 10.8. The summed E-state index contributed by atoms with van der Waals surface area (Å²) in [5.41, 5.74) is 6.96. The van der Waals surface area contributed by atoms with Gasteiger partial charge in [0.15, 0.2) is 0 Å². The van der Waals surface area contributed by atoms with Crippen molar-refractivity contribution in [1.29, 1.82) is 0 Å². The van der Waals surface area contributed by atoms with Crippen molar-refractivity contribution >= 4 is 5.97 Å². The molecule has 0 saturated heterocycles. The molecule has 0 aliphatic heterocycles. The van der Waals surface area contributed by atoms with Crippen molar-refractivity contribution in [3.8, 4) is 0 Å². The molecule has 0 bridgehead atoms. The lowest BCUT2D eigenvalue weighted by atomic mass is 9.68. The molecule has 0 amide bonds. The third-order valence-corrected chi connectivity index (χ3v) is 4.97. The molecule has 0 saturated carbocycles. The molecule has 23 heavy (non-hydrogen) atoms. The smallest absolute Gasteiger partial charge is 0.328 e. The summed E-state index contributed by atoms with van der Waals surface area (Å²) < 4.78 is 0. The van der Waals surface area contributed by atoms with Crippen molar-refractivity contribution in [3.05, 3.63) is 58.2 Å². The lowest BCUT2D eigenvalue weighted by Crippen LogP contribution is -2.22. The van der Waals surface area contributed by atoms with E-state index in [0.717, 1.165) is 12.0 Å². The first-order valence-corrected chi connectivity index (χ1v) is 8.49. The van der Waals surface area contributed by atoms with Crippen molar-refractivity contribution in [1.82, 2.24) is 0 Å². The van der Waals surface area contributed by atoms with Gasteiger partial charge in [-0.3, -0.25) is 0 Å². The number of aliphatic carboxylic acids is 1. The van der Waals surface area contributed by atoms with E-state index in [1.807, 2.05) is 12.2 Å². The summed E-state index contributed by atoms with van der Waals surface area (Å²) in [5, 5.41) is 8.72. The average molecular weight is 312 g/mol. The number of hydrogen-bond acceptors (Lipinski definition) is 1. The van der Waals surface area contributed by atoms with E-state index in [1.165, 1.54) is 42.9 Å². The number of allylic oxidation sites excluding steroid dienone is 9. The number of hydrogen-bond donors (Lipinski definition) is 1. The second-order valence-corrected chi connectivity index (χ2v) is 7.36. The van der Waals surface area contributed by atoms with Gasteiger partial charge in [-0.25, -0.2) is 4.79 Å². The van der Waals surface area contributed by atoms with Crippen molar-refractivity contribution in [2.24, 2.45) is 5.41 Å². The van der Waals surface area contributed by atoms with E-state index in [0.29, 0.717) is 5.41 Å². The Labute approximate surface area is 140 Å². The van der Waals surface area contributed by atoms with Gasteiger partial charge in [0.25, 0.3) is 0 Å². The molecule has 0 unspecified atom stereocenters. The fourth-order valence-electron chi connectivity index (χ4n) is 3.59. The highest BCUT2D eigenvalue weighted by atomic mass is 16.4. The standard InChI is InChI=1S/C21H28O2/c1-15(13-20(22)23)7-5-8-16(2)18-11-10-17-9-6-12-21(3,4)19(17)14-18/h5,7-8,13-14H,6,9-12H2,1-4H3,(H,22,23)/b7-5+,15-13+,16-8-. The van der Waals surface area contributed by atoms with Gasteiger partial charge in [0, 0.05) is 6.08 Å².